The van der Waals surface area contributed by atoms with Gasteiger partial charge in [0.2, 0.25) is 11.8 Å². The highest BCUT2D eigenvalue weighted by molar-refractivity contribution is 7.98. The maximum absolute atomic E-state index is 14.0. The summed E-state index contributed by atoms with van der Waals surface area (Å²) in [6.07, 6.45) is 3.12. The van der Waals surface area contributed by atoms with Crippen LogP contribution in [0, 0.1) is 13.8 Å². The van der Waals surface area contributed by atoms with E-state index < -0.39 is 35.7 Å². The number of carbonyl (C=O) groups is 4. The Balaban J connectivity index is 2.46. The van der Waals surface area contributed by atoms with Gasteiger partial charge in [-0.05, 0) is 82.6 Å². The van der Waals surface area contributed by atoms with Crippen molar-refractivity contribution in [3.63, 3.8) is 0 Å². The average molecular weight is 522 g/mol. The van der Waals surface area contributed by atoms with Crippen molar-refractivity contribution in [2.75, 3.05) is 25.7 Å². The van der Waals surface area contributed by atoms with Crippen molar-refractivity contribution in [3.05, 3.63) is 34.9 Å². The molecule has 0 saturated heterocycles. The fraction of sp³-hybridized carbons (Fsp3) is 0.615. The van der Waals surface area contributed by atoms with Gasteiger partial charge in [0.1, 0.15) is 24.2 Å². The van der Waals surface area contributed by atoms with Gasteiger partial charge in [-0.1, -0.05) is 18.2 Å². The Hall–Kier alpha value is -2.75. The third-order valence-corrected chi connectivity index (χ3v) is 6.54. The summed E-state index contributed by atoms with van der Waals surface area (Å²) in [5.74, 6) is -0.781. The SMILES string of the molecule is COC(=O)CNC(=O)C(c1cccc(C)c1C)N(C(=O)C(CCSC)NC(=O)OC(C)(C)C)C1CC1. The molecule has 0 radical (unpaired) electrons. The Morgan fingerprint density at radius 2 is 1.83 bits per heavy atom. The van der Waals surface area contributed by atoms with Crippen molar-refractivity contribution in [3.8, 4) is 0 Å². The monoisotopic (exact) mass is 521 g/mol. The first-order valence-electron chi connectivity index (χ1n) is 12.1. The second-order valence-corrected chi connectivity index (χ2v) is 10.9. The smallest absolute Gasteiger partial charge is 0.408 e. The molecule has 10 heteroatoms. The topological polar surface area (TPSA) is 114 Å². The molecule has 2 unspecified atom stereocenters. The van der Waals surface area contributed by atoms with Crippen LogP contribution in [-0.2, 0) is 23.9 Å². The third-order valence-electron chi connectivity index (χ3n) is 5.90. The molecule has 9 nitrogen and oxygen atoms in total. The van der Waals surface area contributed by atoms with Gasteiger partial charge in [-0.2, -0.15) is 11.8 Å². The number of nitrogens with one attached hydrogen (secondary N) is 2. The van der Waals surface area contributed by atoms with Crippen LogP contribution < -0.4 is 10.6 Å². The number of amides is 3. The maximum Gasteiger partial charge on any atom is 0.408 e. The second-order valence-electron chi connectivity index (χ2n) is 9.94. The van der Waals surface area contributed by atoms with Crippen molar-refractivity contribution in [1.82, 2.24) is 15.5 Å². The van der Waals surface area contributed by atoms with E-state index in [0.29, 0.717) is 17.7 Å². The van der Waals surface area contributed by atoms with Crippen LogP contribution in [-0.4, -0.2) is 72.1 Å². The Labute approximate surface area is 218 Å². The number of thioether (sulfide) groups is 1. The number of nitrogens with zero attached hydrogens (tertiary/aromatic N) is 1. The minimum Gasteiger partial charge on any atom is -0.468 e. The zero-order valence-electron chi connectivity index (χ0n) is 22.3. The number of benzene rings is 1. The fourth-order valence-corrected chi connectivity index (χ4v) is 4.28. The highest BCUT2D eigenvalue weighted by atomic mass is 32.2. The van der Waals surface area contributed by atoms with Gasteiger partial charge >= 0.3 is 12.1 Å². The summed E-state index contributed by atoms with van der Waals surface area (Å²) in [6, 6.07) is 3.63. The molecule has 0 bridgehead atoms. The summed E-state index contributed by atoms with van der Waals surface area (Å²) in [4.78, 5) is 53.4. The van der Waals surface area contributed by atoms with Gasteiger partial charge in [-0.25, -0.2) is 4.79 Å². The second kappa shape index (κ2) is 13.0. The van der Waals surface area contributed by atoms with Crippen LogP contribution in [0.2, 0.25) is 0 Å². The molecule has 2 N–H and O–H groups in total. The Morgan fingerprint density at radius 3 is 2.39 bits per heavy atom. The summed E-state index contributed by atoms with van der Waals surface area (Å²) in [5.41, 5.74) is 1.82. The molecule has 1 aliphatic carbocycles. The van der Waals surface area contributed by atoms with Gasteiger partial charge in [0.05, 0.1) is 7.11 Å². The molecule has 1 fully saturated rings. The number of methoxy groups -OCH3 is 1. The highest BCUT2D eigenvalue weighted by Crippen LogP contribution is 2.37. The summed E-state index contributed by atoms with van der Waals surface area (Å²) < 4.78 is 10.1. The minimum absolute atomic E-state index is 0.150. The normalized spacial score (nSPS) is 14.9. The van der Waals surface area contributed by atoms with Crippen LogP contribution in [0.3, 0.4) is 0 Å². The predicted molar refractivity (Wildman–Crippen MR) is 140 cm³/mol. The maximum atomic E-state index is 14.0. The van der Waals surface area contributed by atoms with Gasteiger partial charge in [-0.15, -0.1) is 0 Å². The minimum atomic E-state index is -0.966. The molecule has 1 saturated carbocycles. The molecule has 36 heavy (non-hydrogen) atoms. The zero-order valence-corrected chi connectivity index (χ0v) is 23.1. The molecule has 2 rings (SSSR count). The standard InChI is InChI=1S/C26H39N3O6S/c1-16-9-8-10-19(17(16)2)22(23(31)27-15-21(30)34-6)29(18-11-12-18)24(32)20(13-14-36-7)28-25(33)35-26(3,4)5/h8-10,18,20,22H,11-15H2,1-7H3,(H,27,31)(H,28,33). The van der Waals surface area contributed by atoms with E-state index in [1.54, 1.807) is 37.4 Å². The first-order valence-corrected chi connectivity index (χ1v) is 13.5. The molecule has 1 aromatic carbocycles. The van der Waals surface area contributed by atoms with Crippen LogP contribution in [0.4, 0.5) is 4.79 Å². The van der Waals surface area contributed by atoms with Gasteiger partial charge in [-0.3, -0.25) is 14.4 Å². The number of ether oxygens (including phenoxy) is 2. The van der Waals surface area contributed by atoms with E-state index in [-0.39, 0.29) is 18.5 Å². The van der Waals surface area contributed by atoms with Crippen molar-refractivity contribution < 1.29 is 28.7 Å². The molecule has 0 aromatic heterocycles. The molecular weight excluding hydrogens is 482 g/mol. The molecular formula is C26H39N3O6S. The number of rotatable bonds is 11. The molecule has 1 aromatic rings. The third kappa shape index (κ3) is 8.43. The quantitative estimate of drug-likeness (QED) is 0.430. The lowest BCUT2D eigenvalue weighted by Gasteiger charge is -2.35. The van der Waals surface area contributed by atoms with E-state index >= 15 is 0 Å². The number of hydrogen-bond donors (Lipinski definition) is 2. The summed E-state index contributed by atoms with van der Waals surface area (Å²) in [7, 11) is 1.25. The van der Waals surface area contributed by atoms with E-state index in [9.17, 15) is 19.2 Å². The van der Waals surface area contributed by atoms with Gasteiger partial charge in [0, 0.05) is 6.04 Å². The zero-order chi connectivity index (χ0) is 27.0. The van der Waals surface area contributed by atoms with E-state index in [2.05, 4.69) is 15.4 Å². The number of esters is 1. The van der Waals surface area contributed by atoms with Gasteiger partial charge in [0.15, 0.2) is 0 Å². The van der Waals surface area contributed by atoms with E-state index in [0.717, 1.165) is 24.0 Å². The first kappa shape index (κ1) is 29.5. The number of carbonyl (C=O) groups excluding carboxylic acids is 4. The molecule has 200 valence electrons. The van der Waals surface area contributed by atoms with E-state index in [1.807, 2.05) is 38.3 Å². The van der Waals surface area contributed by atoms with Crippen molar-refractivity contribution in [2.24, 2.45) is 0 Å². The van der Waals surface area contributed by atoms with Crippen LogP contribution in [0.25, 0.3) is 0 Å². The molecule has 3 amide bonds. The highest BCUT2D eigenvalue weighted by Gasteiger charge is 2.44. The van der Waals surface area contributed by atoms with Crippen LogP contribution in [0.1, 0.15) is 62.8 Å². The van der Waals surface area contributed by atoms with E-state index in [1.165, 1.54) is 7.11 Å². The predicted octanol–water partition coefficient (Wildman–Crippen LogP) is 3.27. The summed E-state index contributed by atoms with van der Waals surface area (Å²) in [5, 5.41) is 5.36. The fourth-order valence-electron chi connectivity index (χ4n) is 3.81. The van der Waals surface area contributed by atoms with Crippen LogP contribution >= 0.6 is 11.8 Å². The Kier molecular flexibility index (Phi) is 10.6. The Morgan fingerprint density at radius 1 is 1.17 bits per heavy atom. The van der Waals surface area contributed by atoms with Crippen LogP contribution in [0.5, 0.6) is 0 Å². The number of alkyl carbamates (subject to hydrolysis) is 1. The molecule has 0 spiro atoms. The molecule has 0 aliphatic heterocycles. The Bertz CT molecular complexity index is 957. The van der Waals surface area contributed by atoms with Crippen molar-refractivity contribution in [1.29, 1.82) is 0 Å². The first-order chi connectivity index (χ1) is 16.9. The number of aryl methyl sites for hydroxylation is 1. The lowest BCUT2D eigenvalue weighted by molar-refractivity contribution is -0.145. The molecule has 2 atom stereocenters. The lowest BCUT2D eigenvalue weighted by atomic mass is 9.94. The molecule has 0 heterocycles. The van der Waals surface area contributed by atoms with Crippen molar-refractivity contribution in [2.45, 2.75) is 77.6 Å². The van der Waals surface area contributed by atoms with Gasteiger partial charge in [0.25, 0.3) is 0 Å². The number of hydrogen-bond acceptors (Lipinski definition) is 7. The van der Waals surface area contributed by atoms with Gasteiger partial charge < -0.3 is 25.0 Å². The lowest BCUT2D eigenvalue weighted by Crippen LogP contribution is -2.54. The summed E-state index contributed by atoms with van der Waals surface area (Å²) in [6.45, 7) is 8.80. The average Bonchev–Trinajstić information content (AvgIpc) is 3.64. The molecule has 1 aliphatic rings. The van der Waals surface area contributed by atoms with Crippen LogP contribution in [0.15, 0.2) is 18.2 Å². The van der Waals surface area contributed by atoms with Crippen molar-refractivity contribution >= 4 is 35.6 Å². The largest absolute Gasteiger partial charge is 0.468 e. The summed E-state index contributed by atoms with van der Waals surface area (Å²) >= 11 is 1.56. The van der Waals surface area contributed by atoms with E-state index in [4.69, 9.17) is 4.74 Å².